The van der Waals surface area contributed by atoms with Gasteiger partial charge < -0.3 is 5.73 Å². The summed E-state index contributed by atoms with van der Waals surface area (Å²) in [5.41, 5.74) is 8.63. The van der Waals surface area contributed by atoms with Gasteiger partial charge in [-0.1, -0.05) is 19.4 Å². The molecule has 0 saturated heterocycles. The van der Waals surface area contributed by atoms with E-state index in [1.165, 1.54) is 24.5 Å². The average molecular weight is 235 g/mol. The molecule has 0 spiro atoms. The first-order chi connectivity index (χ1) is 8.02. The Labute approximate surface area is 103 Å². The second-order valence-corrected chi connectivity index (χ2v) is 5.63. The first-order valence-corrected chi connectivity index (χ1v) is 6.56. The normalized spacial score (nSPS) is 28.6. The Balaban J connectivity index is 2.10. The fourth-order valence-electron chi connectivity index (χ4n) is 3.02. The zero-order valence-electron chi connectivity index (χ0n) is 10.8. The molecule has 1 nitrogen and oxygen atoms in total. The van der Waals surface area contributed by atoms with E-state index >= 15 is 0 Å². The lowest BCUT2D eigenvalue weighted by molar-refractivity contribution is 0.406. The van der Waals surface area contributed by atoms with Crippen molar-refractivity contribution in [2.24, 2.45) is 11.7 Å². The Bertz CT molecular complexity index is 402. The zero-order chi connectivity index (χ0) is 12.5. The van der Waals surface area contributed by atoms with Crippen LogP contribution in [0, 0.1) is 18.7 Å². The Morgan fingerprint density at radius 1 is 1.47 bits per heavy atom. The summed E-state index contributed by atoms with van der Waals surface area (Å²) < 4.78 is 13.0. The summed E-state index contributed by atoms with van der Waals surface area (Å²) >= 11 is 0. The Kier molecular flexibility index (Phi) is 3.53. The van der Waals surface area contributed by atoms with Crippen LogP contribution in [0.5, 0.6) is 0 Å². The van der Waals surface area contributed by atoms with Crippen LogP contribution in [0.3, 0.4) is 0 Å². The van der Waals surface area contributed by atoms with E-state index in [1.54, 1.807) is 6.07 Å². The van der Waals surface area contributed by atoms with Crippen molar-refractivity contribution in [2.75, 3.05) is 0 Å². The molecule has 0 aromatic heterocycles. The Morgan fingerprint density at radius 2 is 2.24 bits per heavy atom. The lowest BCUT2D eigenvalue weighted by atomic mass is 9.87. The van der Waals surface area contributed by atoms with E-state index in [4.69, 9.17) is 5.73 Å². The number of benzene rings is 1. The maximum absolute atomic E-state index is 13.0. The summed E-state index contributed by atoms with van der Waals surface area (Å²) in [6.45, 7) is 4.20. The van der Waals surface area contributed by atoms with Crippen LogP contribution < -0.4 is 5.73 Å². The highest BCUT2D eigenvalue weighted by atomic mass is 19.1. The largest absolute Gasteiger partial charge is 0.325 e. The van der Waals surface area contributed by atoms with E-state index < -0.39 is 0 Å². The molecule has 2 rings (SSSR count). The highest BCUT2D eigenvalue weighted by molar-refractivity contribution is 5.28. The molecule has 0 heterocycles. The molecule has 2 N–H and O–H groups in total. The van der Waals surface area contributed by atoms with Crippen molar-refractivity contribution in [1.29, 1.82) is 0 Å². The van der Waals surface area contributed by atoms with Crippen LogP contribution >= 0.6 is 0 Å². The van der Waals surface area contributed by atoms with Gasteiger partial charge in [-0.15, -0.1) is 0 Å². The average Bonchev–Trinajstić information content (AvgIpc) is 2.65. The van der Waals surface area contributed by atoms with E-state index in [1.807, 2.05) is 13.0 Å². The smallest absolute Gasteiger partial charge is 0.123 e. The molecule has 2 heteroatoms. The molecule has 17 heavy (non-hydrogen) atoms. The van der Waals surface area contributed by atoms with Crippen molar-refractivity contribution < 1.29 is 4.39 Å². The molecular formula is C15H22FN. The minimum Gasteiger partial charge on any atom is -0.325 e. The second-order valence-electron chi connectivity index (χ2n) is 5.63. The number of rotatable bonds is 3. The third kappa shape index (κ3) is 2.86. The zero-order valence-corrected chi connectivity index (χ0v) is 10.8. The predicted octanol–water partition coefficient (Wildman–Crippen LogP) is 3.58. The van der Waals surface area contributed by atoms with Crippen LogP contribution in [0.1, 0.15) is 43.7 Å². The second kappa shape index (κ2) is 4.77. The number of halogens is 1. The molecule has 2 unspecified atom stereocenters. The van der Waals surface area contributed by atoms with Gasteiger partial charge in [0.15, 0.2) is 0 Å². The van der Waals surface area contributed by atoms with Crippen LogP contribution in [0.25, 0.3) is 0 Å². The topological polar surface area (TPSA) is 26.0 Å². The molecular weight excluding hydrogens is 213 g/mol. The van der Waals surface area contributed by atoms with Crippen LogP contribution in [0.2, 0.25) is 0 Å². The van der Waals surface area contributed by atoms with Crippen molar-refractivity contribution in [1.82, 2.24) is 0 Å². The van der Waals surface area contributed by atoms with Gasteiger partial charge in [0.1, 0.15) is 5.82 Å². The summed E-state index contributed by atoms with van der Waals surface area (Å²) in [6, 6.07) is 5.03. The van der Waals surface area contributed by atoms with Gasteiger partial charge in [-0.05, 0) is 61.8 Å². The minimum absolute atomic E-state index is 0.0662. The lowest BCUT2D eigenvalue weighted by Crippen LogP contribution is -2.39. The van der Waals surface area contributed by atoms with Crippen LogP contribution in [0.15, 0.2) is 18.2 Å². The number of hydrogen-bond donors (Lipinski definition) is 1. The third-order valence-electron chi connectivity index (χ3n) is 4.17. The molecule has 94 valence electrons. The predicted molar refractivity (Wildman–Crippen MR) is 69.4 cm³/mol. The fraction of sp³-hybridized carbons (Fsp3) is 0.600. The third-order valence-corrected chi connectivity index (χ3v) is 4.17. The number of hydrogen-bond acceptors (Lipinski definition) is 1. The van der Waals surface area contributed by atoms with Crippen molar-refractivity contribution in [3.05, 3.63) is 35.1 Å². The first-order valence-electron chi connectivity index (χ1n) is 6.56. The molecule has 1 saturated carbocycles. The van der Waals surface area contributed by atoms with Gasteiger partial charge in [-0.25, -0.2) is 4.39 Å². The van der Waals surface area contributed by atoms with Crippen molar-refractivity contribution in [3.63, 3.8) is 0 Å². The molecule has 1 aliphatic rings. The van der Waals surface area contributed by atoms with Gasteiger partial charge >= 0.3 is 0 Å². The molecule has 1 aliphatic carbocycles. The fourth-order valence-corrected chi connectivity index (χ4v) is 3.02. The van der Waals surface area contributed by atoms with Gasteiger partial charge in [0, 0.05) is 5.54 Å². The molecule has 0 amide bonds. The van der Waals surface area contributed by atoms with Crippen LogP contribution in [-0.2, 0) is 6.42 Å². The van der Waals surface area contributed by atoms with Gasteiger partial charge in [-0.2, -0.15) is 0 Å². The van der Waals surface area contributed by atoms with E-state index in [0.717, 1.165) is 30.7 Å². The number of aryl methyl sites for hydroxylation is 1. The molecule has 1 aromatic carbocycles. The monoisotopic (exact) mass is 235 g/mol. The molecule has 1 aromatic rings. The van der Waals surface area contributed by atoms with Crippen molar-refractivity contribution >= 4 is 0 Å². The molecule has 2 atom stereocenters. The summed E-state index contributed by atoms with van der Waals surface area (Å²) in [5, 5.41) is 0. The maximum Gasteiger partial charge on any atom is 0.123 e. The summed E-state index contributed by atoms with van der Waals surface area (Å²) in [7, 11) is 0. The number of nitrogens with two attached hydrogens (primary N) is 1. The van der Waals surface area contributed by atoms with E-state index in [0.29, 0.717) is 0 Å². The van der Waals surface area contributed by atoms with Crippen molar-refractivity contribution in [2.45, 2.75) is 51.5 Å². The van der Waals surface area contributed by atoms with Crippen LogP contribution in [0.4, 0.5) is 4.39 Å². The summed E-state index contributed by atoms with van der Waals surface area (Å²) in [4.78, 5) is 0. The van der Waals surface area contributed by atoms with E-state index in [-0.39, 0.29) is 11.4 Å². The molecule has 0 radical (unpaired) electrons. The SMILES string of the molecule is CCC1CCC(N)(Cc2ccc(F)cc2C)C1. The minimum atomic E-state index is -0.157. The standard InChI is InChI=1S/C15H22FN/c1-3-12-6-7-15(17,9-12)10-13-4-5-14(16)8-11(13)2/h4-5,8,12H,3,6-7,9-10,17H2,1-2H3. The molecule has 1 fully saturated rings. The first kappa shape index (κ1) is 12.6. The Hall–Kier alpha value is -0.890. The van der Waals surface area contributed by atoms with Gasteiger partial charge in [0.05, 0.1) is 0 Å². The maximum atomic E-state index is 13.0. The lowest BCUT2D eigenvalue weighted by Gasteiger charge is -2.25. The molecule has 0 aliphatic heterocycles. The van der Waals surface area contributed by atoms with Crippen molar-refractivity contribution in [3.8, 4) is 0 Å². The summed E-state index contributed by atoms with van der Waals surface area (Å²) in [6.07, 6.45) is 5.56. The van der Waals surface area contributed by atoms with Crippen LogP contribution in [-0.4, -0.2) is 5.54 Å². The summed E-state index contributed by atoms with van der Waals surface area (Å²) in [5.74, 6) is 0.621. The highest BCUT2D eigenvalue weighted by Gasteiger charge is 2.35. The molecule has 0 bridgehead atoms. The van der Waals surface area contributed by atoms with E-state index in [2.05, 4.69) is 6.92 Å². The van der Waals surface area contributed by atoms with Gasteiger partial charge in [0.25, 0.3) is 0 Å². The van der Waals surface area contributed by atoms with E-state index in [9.17, 15) is 4.39 Å². The highest BCUT2D eigenvalue weighted by Crippen LogP contribution is 2.37. The quantitative estimate of drug-likeness (QED) is 0.851. The van der Waals surface area contributed by atoms with Gasteiger partial charge in [-0.3, -0.25) is 0 Å². The Morgan fingerprint density at radius 3 is 2.82 bits per heavy atom. The van der Waals surface area contributed by atoms with Gasteiger partial charge in [0.2, 0.25) is 0 Å².